The van der Waals surface area contributed by atoms with Crippen molar-refractivity contribution in [3.63, 3.8) is 0 Å². The maximum atomic E-state index is 13.0. The second-order valence-electron chi connectivity index (χ2n) is 4.14. The van der Waals surface area contributed by atoms with Gasteiger partial charge in [-0.15, -0.1) is 11.6 Å². The molecule has 0 saturated carbocycles. The molecule has 0 amide bonds. The van der Waals surface area contributed by atoms with Gasteiger partial charge in [0.05, 0.1) is 7.11 Å². The van der Waals surface area contributed by atoms with Crippen LogP contribution in [0.3, 0.4) is 0 Å². The molecule has 0 bridgehead atoms. The van der Waals surface area contributed by atoms with E-state index in [0.29, 0.717) is 28.5 Å². The lowest BCUT2D eigenvalue weighted by Gasteiger charge is -2.12. The van der Waals surface area contributed by atoms with Crippen molar-refractivity contribution >= 4 is 27.5 Å². The zero-order valence-corrected chi connectivity index (χ0v) is 13.2. The summed E-state index contributed by atoms with van der Waals surface area (Å²) in [6, 6.07) is 10.0. The van der Waals surface area contributed by atoms with Crippen molar-refractivity contribution in [2.24, 2.45) is 0 Å². The Hall–Kier alpha value is -1.26. The molecule has 2 nitrogen and oxygen atoms in total. The van der Waals surface area contributed by atoms with Crippen LogP contribution in [0.2, 0.25) is 0 Å². The summed E-state index contributed by atoms with van der Waals surface area (Å²) in [5, 5.41) is 0. The van der Waals surface area contributed by atoms with Crippen molar-refractivity contribution in [3.8, 4) is 11.5 Å². The summed E-state index contributed by atoms with van der Waals surface area (Å²) in [6.07, 6.45) is 0. The minimum atomic E-state index is -0.289. The fraction of sp³-hybridized carbons (Fsp3) is 0.200. The van der Waals surface area contributed by atoms with Gasteiger partial charge >= 0.3 is 0 Å². The molecule has 0 N–H and O–H groups in total. The average molecular weight is 360 g/mol. The van der Waals surface area contributed by atoms with Gasteiger partial charge in [-0.25, -0.2) is 4.39 Å². The van der Waals surface area contributed by atoms with Crippen molar-refractivity contribution in [1.82, 2.24) is 0 Å². The smallest absolute Gasteiger partial charge is 0.161 e. The Labute approximate surface area is 130 Å². The fourth-order valence-electron chi connectivity index (χ4n) is 1.71. The van der Waals surface area contributed by atoms with Crippen LogP contribution in [-0.4, -0.2) is 7.11 Å². The van der Waals surface area contributed by atoms with Crippen LogP contribution in [0.15, 0.2) is 40.9 Å². The van der Waals surface area contributed by atoms with E-state index in [1.165, 1.54) is 12.1 Å². The van der Waals surface area contributed by atoms with Crippen LogP contribution in [0, 0.1) is 5.82 Å². The summed E-state index contributed by atoms with van der Waals surface area (Å²) < 4.78 is 24.7. The summed E-state index contributed by atoms with van der Waals surface area (Å²) in [5.74, 6) is 1.36. The standard InChI is InChI=1S/C15H13BrClFO2/c1-19-14-5-2-10(8-17)6-15(14)20-9-11-3-4-12(18)7-13(11)16/h2-7H,8-9H2,1H3. The molecule has 0 atom stereocenters. The fourth-order valence-corrected chi connectivity index (χ4v) is 2.34. The van der Waals surface area contributed by atoms with Crippen molar-refractivity contribution in [3.05, 3.63) is 57.8 Å². The Morgan fingerprint density at radius 2 is 1.95 bits per heavy atom. The van der Waals surface area contributed by atoms with Crippen LogP contribution >= 0.6 is 27.5 Å². The Morgan fingerprint density at radius 3 is 2.60 bits per heavy atom. The monoisotopic (exact) mass is 358 g/mol. The van der Waals surface area contributed by atoms with E-state index >= 15 is 0 Å². The van der Waals surface area contributed by atoms with Gasteiger partial charge in [-0.05, 0) is 29.8 Å². The molecule has 0 heterocycles. The molecule has 0 radical (unpaired) electrons. The third-order valence-electron chi connectivity index (χ3n) is 2.78. The van der Waals surface area contributed by atoms with Crippen LogP contribution in [0.5, 0.6) is 11.5 Å². The molecule has 2 aromatic rings. The van der Waals surface area contributed by atoms with E-state index in [-0.39, 0.29) is 5.82 Å². The minimum Gasteiger partial charge on any atom is -0.493 e. The number of rotatable bonds is 5. The van der Waals surface area contributed by atoms with Gasteiger partial charge in [-0.2, -0.15) is 0 Å². The molecule has 0 aromatic heterocycles. The first-order chi connectivity index (χ1) is 9.63. The van der Waals surface area contributed by atoms with E-state index in [1.807, 2.05) is 18.2 Å². The Bertz CT molecular complexity index is 604. The highest BCUT2D eigenvalue weighted by atomic mass is 79.9. The van der Waals surface area contributed by atoms with Gasteiger partial charge < -0.3 is 9.47 Å². The molecule has 0 unspecified atom stereocenters. The highest BCUT2D eigenvalue weighted by Gasteiger charge is 2.08. The number of methoxy groups -OCH3 is 1. The largest absolute Gasteiger partial charge is 0.493 e. The summed E-state index contributed by atoms with van der Waals surface area (Å²) >= 11 is 9.12. The zero-order chi connectivity index (χ0) is 14.5. The van der Waals surface area contributed by atoms with E-state index < -0.39 is 0 Å². The minimum absolute atomic E-state index is 0.289. The second kappa shape index (κ2) is 6.95. The lowest BCUT2D eigenvalue weighted by molar-refractivity contribution is 0.283. The van der Waals surface area contributed by atoms with Crippen LogP contribution in [-0.2, 0) is 12.5 Å². The lowest BCUT2D eigenvalue weighted by atomic mass is 10.2. The third kappa shape index (κ3) is 3.64. The molecule has 0 aliphatic rings. The van der Waals surface area contributed by atoms with Crippen molar-refractivity contribution in [1.29, 1.82) is 0 Å². The Balaban J connectivity index is 2.17. The average Bonchev–Trinajstić information content (AvgIpc) is 2.46. The van der Waals surface area contributed by atoms with Crippen LogP contribution < -0.4 is 9.47 Å². The predicted octanol–water partition coefficient (Wildman–Crippen LogP) is 4.91. The molecule has 106 valence electrons. The normalized spacial score (nSPS) is 10.4. The van der Waals surface area contributed by atoms with Gasteiger partial charge in [0, 0.05) is 15.9 Å². The highest BCUT2D eigenvalue weighted by Crippen LogP contribution is 2.30. The van der Waals surface area contributed by atoms with Gasteiger partial charge in [0.1, 0.15) is 12.4 Å². The molecule has 2 aromatic carbocycles. The Kier molecular flexibility index (Phi) is 5.26. The first-order valence-corrected chi connectivity index (χ1v) is 7.26. The second-order valence-corrected chi connectivity index (χ2v) is 5.26. The molecule has 0 spiro atoms. The summed E-state index contributed by atoms with van der Waals surface area (Å²) in [4.78, 5) is 0. The molecule has 0 aliphatic carbocycles. The number of ether oxygens (including phenoxy) is 2. The molecular formula is C15H13BrClFO2. The first-order valence-electron chi connectivity index (χ1n) is 5.93. The van der Waals surface area contributed by atoms with Gasteiger partial charge in [0.15, 0.2) is 11.5 Å². The molecule has 0 fully saturated rings. The maximum absolute atomic E-state index is 13.0. The Morgan fingerprint density at radius 1 is 1.15 bits per heavy atom. The van der Waals surface area contributed by atoms with Crippen LogP contribution in [0.25, 0.3) is 0 Å². The molecule has 0 saturated heterocycles. The van der Waals surface area contributed by atoms with E-state index in [2.05, 4.69) is 15.9 Å². The molecule has 5 heteroatoms. The van der Waals surface area contributed by atoms with Crippen LogP contribution in [0.1, 0.15) is 11.1 Å². The van der Waals surface area contributed by atoms with Crippen LogP contribution in [0.4, 0.5) is 4.39 Å². The van der Waals surface area contributed by atoms with Crippen molar-refractivity contribution < 1.29 is 13.9 Å². The van der Waals surface area contributed by atoms with E-state index in [9.17, 15) is 4.39 Å². The van der Waals surface area contributed by atoms with E-state index in [0.717, 1.165) is 11.1 Å². The van der Waals surface area contributed by atoms with E-state index in [4.69, 9.17) is 21.1 Å². The van der Waals surface area contributed by atoms with Gasteiger partial charge in [-0.3, -0.25) is 0 Å². The number of benzene rings is 2. The molecule has 2 rings (SSSR count). The first kappa shape index (κ1) is 15.1. The maximum Gasteiger partial charge on any atom is 0.161 e. The number of halogens is 3. The molecule has 0 aliphatic heterocycles. The topological polar surface area (TPSA) is 18.5 Å². The third-order valence-corrected chi connectivity index (χ3v) is 3.83. The van der Waals surface area contributed by atoms with Gasteiger partial charge in [0.25, 0.3) is 0 Å². The van der Waals surface area contributed by atoms with Gasteiger partial charge in [0.2, 0.25) is 0 Å². The van der Waals surface area contributed by atoms with Crippen molar-refractivity contribution in [2.75, 3.05) is 7.11 Å². The zero-order valence-electron chi connectivity index (χ0n) is 10.8. The summed E-state index contributed by atoms with van der Waals surface area (Å²) in [6.45, 7) is 0.308. The SMILES string of the molecule is COc1ccc(CCl)cc1OCc1ccc(F)cc1Br. The molecular weight excluding hydrogens is 347 g/mol. The highest BCUT2D eigenvalue weighted by molar-refractivity contribution is 9.10. The summed E-state index contributed by atoms with van der Waals surface area (Å²) in [7, 11) is 1.58. The number of alkyl halides is 1. The lowest BCUT2D eigenvalue weighted by Crippen LogP contribution is -1.99. The number of hydrogen-bond acceptors (Lipinski definition) is 2. The quantitative estimate of drug-likeness (QED) is 0.706. The van der Waals surface area contributed by atoms with E-state index in [1.54, 1.807) is 13.2 Å². The molecule has 20 heavy (non-hydrogen) atoms. The van der Waals surface area contributed by atoms with Crippen molar-refractivity contribution in [2.45, 2.75) is 12.5 Å². The predicted molar refractivity (Wildman–Crippen MR) is 81.0 cm³/mol. The number of hydrogen-bond donors (Lipinski definition) is 0. The van der Waals surface area contributed by atoms with Gasteiger partial charge in [-0.1, -0.05) is 28.1 Å². The summed E-state index contributed by atoms with van der Waals surface area (Å²) in [5.41, 5.74) is 1.80.